The van der Waals surface area contributed by atoms with Crippen LogP contribution >= 0.6 is 0 Å². The van der Waals surface area contributed by atoms with E-state index in [0.717, 1.165) is 5.69 Å². The van der Waals surface area contributed by atoms with Crippen molar-refractivity contribution in [3.8, 4) is 5.69 Å². The van der Waals surface area contributed by atoms with Gasteiger partial charge in [-0.25, -0.2) is 9.67 Å². The fourth-order valence-corrected chi connectivity index (χ4v) is 3.06. The second-order valence-corrected chi connectivity index (χ2v) is 6.29. The summed E-state index contributed by atoms with van der Waals surface area (Å²) in [7, 11) is 0. The fourth-order valence-electron chi connectivity index (χ4n) is 3.06. The molecular weight excluding hydrogens is 361 g/mol. The van der Waals surface area contributed by atoms with Crippen LogP contribution in [0.1, 0.15) is 22.8 Å². The zero-order valence-electron chi connectivity index (χ0n) is 14.1. The van der Waals surface area contributed by atoms with E-state index >= 15 is 0 Å². The number of aromatic nitrogens is 5. The van der Waals surface area contributed by atoms with E-state index in [9.17, 15) is 18.0 Å². The van der Waals surface area contributed by atoms with E-state index in [4.69, 9.17) is 0 Å². The van der Waals surface area contributed by atoms with E-state index in [0.29, 0.717) is 18.8 Å². The number of nitrogens with zero attached hydrogens (tertiary/aromatic N) is 5. The minimum absolute atomic E-state index is 0.204. The molecule has 7 nitrogen and oxygen atoms in total. The van der Waals surface area contributed by atoms with Crippen LogP contribution in [0.25, 0.3) is 5.69 Å². The van der Waals surface area contributed by atoms with Crippen molar-refractivity contribution in [2.75, 3.05) is 6.54 Å². The fraction of sp³-hybridized carbons (Fsp3) is 0.294. The highest BCUT2D eigenvalue weighted by atomic mass is 19.4. The highest BCUT2D eigenvalue weighted by molar-refractivity contribution is 5.30. The SMILES string of the molecule is O=c1[nH]c(C(F)(F)F)nc2c1CN(Cc1cn(-c3ccccc3)nn1)CC2. The molecule has 0 amide bonds. The smallest absolute Gasteiger partial charge is 0.303 e. The molecule has 2 aromatic heterocycles. The predicted molar refractivity (Wildman–Crippen MR) is 89.0 cm³/mol. The van der Waals surface area contributed by atoms with Gasteiger partial charge in [-0.1, -0.05) is 23.4 Å². The highest BCUT2D eigenvalue weighted by Crippen LogP contribution is 2.26. The summed E-state index contributed by atoms with van der Waals surface area (Å²) in [5, 5.41) is 8.22. The molecule has 3 aromatic rings. The monoisotopic (exact) mass is 376 g/mol. The van der Waals surface area contributed by atoms with Gasteiger partial charge in [-0.3, -0.25) is 9.69 Å². The molecule has 1 aromatic carbocycles. The van der Waals surface area contributed by atoms with Crippen molar-refractivity contribution in [2.45, 2.75) is 25.7 Å². The standard InChI is InChI=1S/C17H15F3N6O/c18-17(19,20)16-21-14-6-7-25(10-13(14)15(27)22-16)8-11-9-26(24-23-11)12-4-2-1-3-5-12/h1-5,9H,6-8,10H2,(H,21,22,27). The van der Waals surface area contributed by atoms with Gasteiger partial charge in [0.25, 0.3) is 5.56 Å². The van der Waals surface area contributed by atoms with Crippen LogP contribution < -0.4 is 5.56 Å². The van der Waals surface area contributed by atoms with Crippen molar-refractivity contribution in [1.82, 2.24) is 29.9 Å². The van der Waals surface area contributed by atoms with Gasteiger partial charge in [-0.05, 0) is 12.1 Å². The summed E-state index contributed by atoms with van der Waals surface area (Å²) in [5.41, 5.74) is 1.31. The molecule has 0 spiro atoms. The summed E-state index contributed by atoms with van der Waals surface area (Å²) < 4.78 is 40.0. The lowest BCUT2D eigenvalue weighted by Crippen LogP contribution is -2.36. The Morgan fingerprint density at radius 1 is 1.19 bits per heavy atom. The van der Waals surface area contributed by atoms with Crippen LogP contribution in [0.4, 0.5) is 13.2 Å². The van der Waals surface area contributed by atoms with Crippen molar-refractivity contribution < 1.29 is 13.2 Å². The molecule has 27 heavy (non-hydrogen) atoms. The molecule has 0 saturated carbocycles. The molecule has 3 heterocycles. The second kappa shape index (κ2) is 6.62. The Labute approximate surface area is 151 Å². The van der Waals surface area contributed by atoms with E-state index < -0.39 is 17.6 Å². The third kappa shape index (κ3) is 3.61. The number of hydrogen-bond acceptors (Lipinski definition) is 5. The maximum Gasteiger partial charge on any atom is 0.449 e. The van der Waals surface area contributed by atoms with Crippen molar-refractivity contribution in [1.29, 1.82) is 0 Å². The van der Waals surface area contributed by atoms with Crippen molar-refractivity contribution in [2.24, 2.45) is 0 Å². The van der Waals surface area contributed by atoms with E-state index in [-0.39, 0.29) is 24.2 Å². The topological polar surface area (TPSA) is 79.7 Å². The first-order valence-corrected chi connectivity index (χ1v) is 8.28. The lowest BCUT2D eigenvalue weighted by Gasteiger charge is -2.26. The van der Waals surface area contributed by atoms with E-state index in [1.165, 1.54) is 0 Å². The summed E-state index contributed by atoms with van der Waals surface area (Å²) >= 11 is 0. The Morgan fingerprint density at radius 3 is 2.70 bits per heavy atom. The minimum Gasteiger partial charge on any atom is -0.303 e. The second-order valence-electron chi connectivity index (χ2n) is 6.29. The molecule has 0 radical (unpaired) electrons. The number of hydrogen-bond donors (Lipinski definition) is 1. The number of nitrogens with one attached hydrogen (secondary N) is 1. The first kappa shape index (κ1) is 17.4. The molecule has 0 atom stereocenters. The molecule has 0 bridgehead atoms. The highest BCUT2D eigenvalue weighted by Gasteiger charge is 2.36. The van der Waals surface area contributed by atoms with E-state index in [1.54, 1.807) is 10.9 Å². The van der Waals surface area contributed by atoms with Gasteiger partial charge in [0, 0.05) is 26.1 Å². The molecule has 10 heteroatoms. The molecule has 140 valence electrons. The molecule has 1 aliphatic rings. The molecule has 0 unspecified atom stereocenters. The van der Waals surface area contributed by atoms with Crippen LogP contribution in [0.2, 0.25) is 0 Å². The molecule has 4 rings (SSSR count). The Morgan fingerprint density at radius 2 is 1.96 bits per heavy atom. The van der Waals surface area contributed by atoms with Crippen LogP contribution in [0.5, 0.6) is 0 Å². The van der Waals surface area contributed by atoms with Gasteiger partial charge in [-0.2, -0.15) is 13.2 Å². The quantitative estimate of drug-likeness (QED) is 0.756. The molecule has 1 N–H and O–H groups in total. The summed E-state index contributed by atoms with van der Waals surface area (Å²) in [6, 6.07) is 9.50. The number of aromatic amines is 1. The molecular formula is C17H15F3N6O. The maximum atomic E-state index is 12.8. The number of fused-ring (bicyclic) bond motifs is 1. The van der Waals surface area contributed by atoms with Gasteiger partial charge in [0.2, 0.25) is 5.82 Å². The maximum absolute atomic E-state index is 12.8. The zero-order chi connectivity index (χ0) is 19.0. The van der Waals surface area contributed by atoms with Gasteiger partial charge in [-0.15, -0.1) is 5.10 Å². The van der Waals surface area contributed by atoms with Crippen LogP contribution in [0.15, 0.2) is 41.3 Å². The third-order valence-corrected chi connectivity index (χ3v) is 4.36. The number of alkyl halides is 3. The van der Waals surface area contributed by atoms with Crippen LogP contribution in [-0.2, 0) is 25.7 Å². The van der Waals surface area contributed by atoms with Gasteiger partial charge < -0.3 is 4.98 Å². The first-order chi connectivity index (χ1) is 12.9. The third-order valence-electron chi connectivity index (χ3n) is 4.36. The van der Waals surface area contributed by atoms with Crippen molar-refractivity contribution in [3.05, 3.63) is 69.7 Å². The normalized spacial score (nSPS) is 14.9. The van der Waals surface area contributed by atoms with E-state index in [2.05, 4.69) is 15.3 Å². The Kier molecular flexibility index (Phi) is 4.27. The summed E-state index contributed by atoms with van der Waals surface area (Å²) in [6.45, 7) is 1.14. The summed E-state index contributed by atoms with van der Waals surface area (Å²) in [6.07, 6.45) is -2.60. The predicted octanol–water partition coefficient (Wildman–Crippen LogP) is 1.93. The number of rotatable bonds is 3. The number of para-hydroxylation sites is 1. The lowest BCUT2D eigenvalue weighted by molar-refractivity contribution is -0.145. The van der Waals surface area contributed by atoms with Crippen LogP contribution in [0.3, 0.4) is 0 Å². The van der Waals surface area contributed by atoms with Gasteiger partial charge in [0.05, 0.1) is 28.8 Å². The average Bonchev–Trinajstić information content (AvgIpc) is 3.10. The van der Waals surface area contributed by atoms with Gasteiger partial charge in [0.1, 0.15) is 0 Å². The zero-order valence-corrected chi connectivity index (χ0v) is 14.1. The number of benzene rings is 1. The van der Waals surface area contributed by atoms with Gasteiger partial charge in [0.15, 0.2) is 0 Å². The molecule has 0 fully saturated rings. The Balaban J connectivity index is 1.51. The average molecular weight is 376 g/mol. The molecule has 1 aliphatic heterocycles. The number of H-pyrrole nitrogens is 1. The first-order valence-electron chi connectivity index (χ1n) is 8.28. The number of halogens is 3. The Hall–Kier alpha value is -3.01. The largest absolute Gasteiger partial charge is 0.449 e. The van der Waals surface area contributed by atoms with E-state index in [1.807, 2.05) is 40.2 Å². The Bertz CT molecular complexity index is 1010. The molecule has 0 saturated heterocycles. The van der Waals surface area contributed by atoms with Crippen LogP contribution in [-0.4, -0.2) is 36.4 Å². The molecule has 0 aliphatic carbocycles. The lowest BCUT2D eigenvalue weighted by atomic mass is 10.1. The summed E-state index contributed by atoms with van der Waals surface area (Å²) in [5.74, 6) is -1.24. The van der Waals surface area contributed by atoms with Gasteiger partial charge >= 0.3 is 6.18 Å². The van der Waals surface area contributed by atoms with Crippen molar-refractivity contribution >= 4 is 0 Å². The summed E-state index contributed by atoms with van der Waals surface area (Å²) in [4.78, 5) is 19.4. The minimum atomic E-state index is -4.67. The van der Waals surface area contributed by atoms with Crippen molar-refractivity contribution in [3.63, 3.8) is 0 Å². The van der Waals surface area contributed by atoms with Crippen LogP contribution in [0, 0.1) is 0 Å².